The van der Waals surface area contributed by atoms with Gasteiger partial charge in [-0.3, -0.25) is 4.99 Å². The molecule has 6 heteroatoms. The molecule has 0 amide bonds. The van der Waals surface area contributed by atoms with Gasteiger partial charge in [0.25, 0.3) is 0 Å². The predicted molar refractivity (Wildman–Crippen MR) is 117 cm³/mol. The summed E-state index contributed by atoms with van der Waals surface area (Å²) in [7, 11) is 4.44. The number of ether oxygens (including phenoxy) is 1. The summed E-state index contributed by atoms with van der Waals surface area (Å²) in [6.45, 7) is 7.98. The van der Waals surface area contributed by atoms with Gasteiger partial charge in [-0.15, -0.1) is 24.0 Å². The van der Waals surface area contributed by atoms with Crippen molar-refractivity contribution in [2.45, 2.75) is 57.9 Å². The lowest BCUT2D eigenvalue weighted by Gasteiger charge is -2.31. The Morgan fingerprint density at radius 3 is 2.56 bits per heavy atom. The van der Waals surface area contributed by atoms with Crippen LogP contribution < -0.4 is 5.32 Å². The molecule has 0 bridgehead atoms. The first-order valence-corrected chi connectivity index (χ1v) is 9.98. The van der Waals surface area contributed by atoms with E-state index in [9.17, 15) is 0 Å². The van der Waals surface area contributed by atoms with Gasteiger partial charge in [0.2, 0.25) is 0 Å². The molecule has 1 N–H and O–H groups in total. The van der Waals surface area contributed by atoms with Crippen molar-refractivity contribution in [1.82, 2.24) is 15.1 Å². The molecular formula is C19H39IN4O. The minimum Gasteiger partial charge on any atom is -0.381 e. The molecule has 1 unspecified atom stereocenters. The zero-order chi connectivity index (χ0) is 17.2. The third-order valence-corrected chi connectivity index (χ3v) is 5.38. The smallest absolute Gasteiger partial charge is 0.193 e. The van der Waals surface area contributed by atoms with E-state index in [1.807, 2.05) is 0 Å². The summed E-state index contributed by atoms with van der Waals surface area (Å²) < 4.78 is 5.49. The van der Waals surface area contributed by atoms with Crippen molar-refractivity contribution in [3.05, 3.63) is 0 Å². The largest absolute Gasteiger partial charge is 0.381 e. The molecule has 0 spiro atoms. The van der Waals surface area contributed by atoms with Crippen LogP contribution in [0.3, 0.4) is 0 Å². The molecule has 2 rings (SSSR count). The molecule has 1 saturated carbocycles. The van der Waals surface area contributed by atoms with Crippen molar-refractivity contribution >= 4 is 29.9 Å². The highest BCUT2D eigenvalue weighted by molar-refractivity contribution is 14.0. The molecule has 1 heterocycles. The number of guanidine groups is 1. The first-order chi connectivity index (χ1) is 11.7. The van der Waals surface area contributed by atoms with Crippen molar-refractivity contribution in [3.63, 3.8) is 0 Å². The maximum atomic E-state index is 5.49. The Morgan fingerprint density at radius 1 is 1.16 bits per heavy atom. The maximum Gasteiger partial charge on any atom is 0.193 e. The van der Waals surface area contributed by atoms with Gasteiger partial charge in [0.05, 0.1) is 6.61 Å². The van der Waals surface area contributed by atoms with E-state index in [-0.39, 0.29) is 24.0 Å². The number of nitrogens with one attached hydrogen (secondary N) is 1. The minimum atomic E-state index is 0. The van der Waals surface area contributed by atoms with Gasteiger partial charge in [-0.25, -0.2) is 0 Å². The molecule has 5 nitrogen and oxygen atoms in total. The average molecular weight is 466 g/mol. The lowest BCUT2D eigenvalue weighted by molar-refractivity contribution is 0.181. The fourth-order valence-electron chi connectivity index (χ4n) is 3.88. The highest BCUT2D eigenvalue weighted by Gasteiger charge is 2.19. The van der Waals surface area contributed by atoms with Crippen LogP contribution in [0.4, 0.5) is 0 Å². The number of aliphatic imine (C=N–C) groups is 1. The quantitative estimate of drug-likeness (QED) is 0.258. The Morgan fingerprint density at radius 2 is 1.92 bits per heavy atom. The molecule has 0 radical (unpaired) electrons. The van der Waals surface area contributed by atoms with E-state index < -0.39 is 0 Å². The first kappa shape index (κ1) is 23.0. The molecule has 0 aromatic heterocycles. The average Bonchev–Trinajstić information content (AvgIpc) is 3.11. The molecule has 1 atom stereocenters. The molecule has 148 valence electrons. The Labute approximate surface area is 172 Å². The SMILES string of the molecule is CCNC(=NCCCN(C)C1CCCCC1)N(C)CC1CCOC1.I. The van der Waals surface area contributed by atoms with Crippen LogP contribution in [-0.4, -0.2) is 75.3 Å². The number of nitrogens with zero attached hydrogens (tertiary/aromatic N) is 3. The second-order valence-corrected chi connectivity index (χ2v) is 7.47. The van der Waals surface area contributed by atoms with Crippen LogP contribution in [0, 0.1) is 5.92 Å². The third kappa shape index (κ3) is 8.43. The van der Waals surface area contributed by atoms with Crippen molar-refractivity contribution in [3.8, 4) is 0 Å². The van der Waals surface area contributed by atoms with Gasteiger partial charge >= 0.3 is 0 Å². The predicted octanol–water partition coefficient (Wildman–Crippen LogP) is 3.19. The second-order valence-electron chi connectivity index (χ2n) is 7.47. The third-order valence-electron chi connectivity index (χ3n) is 5.38. The molecule has 2 aliphatic rings. The van der Waals surface area contributed by atoms with E-state index in [0.717, 1.165) is 57.8 Å². The number of hydrogen-bond donors (Lipinski definition) is 1. The Bertz CT molecular complexity index is 368. The summed E-state index contributed by atoms with van der Waals surface area (Å²) in [6.07, 6.45) is 9.33. The normalized spacial score (nSPS) is 22.1. The summed E-state index contributed by atoms with van der Waals surface area (Å²) in [5, 5.41) is 3.43. The molecule has 2 fully saturated rings. The van der Waals surface area contributed by atoms with Crippen molar-refractivity contribution < 1.29 is 4.74 Å². The molecule has 1 saturated heterocycles. The van der Waals surface area contributed by atoms with E-state index in [1.54, 1.807) is 0 Å². The topological polar surface area (TPSA) is 40.1 Å². The van der Waals surface area contributed by atoms with Crippen LogP contribution in [0.25, 0.3) is 0 Å². The summed E-state index contributed by atoms with van der Waals surface area (Å²) in [6, 6.07) is 0.806. The van der Waals surface area contributed by atoms with E-state index in [2.05, 4.69) is 36.1 Å². The summed E-state index contributed by atoms with van der Waals surface area (Å²) in [5.74, 6) is 1.70. The van der Waals surface area contributed by atoms with Gasteiger partial charge < -0.3 is 19.9 Å². The van der Waals surface area contributed by atoms with Gasteiger partial charge in [0.1, 0.15) is 0 Å². The molecule has 1 aliphatic carbocycles. The lowest BCUT2D eigenvalue weighted by Crippen LogP contribution is -2.41. The van der Waals surface area contributed by atoms with E-state index in [0.29, 0.717) is 5.92 Å². The van der Waals surface area contributed by atoms with E-state index in [4.69, 9.17) is 9.73 Å². The zero-order valence-electron chi connectivity index (χ0n) is 16.5. The number of halogens is 1. The Kier molecular flexibility index (Phi) is 12.1. The first-order valence-electron chi connectivity index (χ1n) is 9.98. The maximum absolute atomic E-state index is 5.49. The molecule has 0 aromatic rings. The van der Waals surface area contributed by atoms with Gasteiger partial charge in [0, 0.05) is 45.2 Å². The van der Waals surface area contributed by atoms with Crippen LogP contribution in [0.1, 0.15) is 51.9 Å². The van der Waals surface area contributed by atoms with Crippen molar-refractivity contribution in [1.29, 1.82) is 0 Å². The molecular weight excluding hydrogens is 427 g/mol. The second kappa shape index (κ2) is 13.1. The lowest BCUT2D eigenvalue weighted by atomic mass is 9.94. The Hall–Kier alpha value is -0.0800. The van der Waals surface area contributed by atoms with Crippen molar-refractivity contribution in [2.75, 3.05) is 53.5 Å². The monoisotopic (exact) mass is 466 g/mol. The zero-order valence-corrected chi connectivity index (χ0v) is 18.8. The summed E-state index contributed by atoms with van der Waals surface area (Å²) in [5.41, 5.74) is 0. The van der Waals surface area contributed by atoms with E-state index >= 15 is 0 Å². The minimum absolute atomic E-state index is 0. The molecule has 0 aromatic carbocycles. The van der Waals surface area contributed by atoms with Crippen LogP contribution in [0.15, 0.2) is 4.99 Å². The van der Waals surface area contributed by atoms with Crippen LogP contribution in [0.2, 0.25) is 0 Å². The van der Waals surface area contributed by atoms with Gasteiger partial charge in [0.15, 0.2) is 5.96 Å². The molecule has 1 aliphatic heterocycles. The summed E-state index contributed by atoms with van der Waals surface area (Å²) >= 11 is 0. The fraction of sp³-hybridized carbons (Fsp3) is 0.947. The highest BCUT2D eigenvalue weighted by atomic mass is 127. The van der Waals surface area contributed by atoms with Crippen molar-refractivity contribution in [2.24, 2.45) is 10.9 Å². The fourth-order valence-corrected chi connectivity index (χ4v) is 3.88. The van der Waals surface area contributed by atoms with Gasteiger partial charge in [-0.1, -0.05) is 19.3 Å². The number of hydrogen-bond acceptors (Lipinski definition) is 3. The molecule has 25 heavy (non-hydrogen) atoms. The highest BCUT2D eigenvalue weighted by Crippen LogP contribution is 2.21. The Balaban J connectivity index is 0.00000312. The van der Waals surface area contributed by atoms with Crippen LogP contribution in [-0.2, 0) is 4.74 Å². The van der Waals surface area contributed by atoms with Crippen LogP contribution in [0.5, 0.6) is 0 Å². The number of rotatable bonds is 8. The standard InChI is InChI=1S/C19H38N4O.HI/c1-4-20-19(23(3)15-17-11-14-24-16-17)21-12-8-13-22(2)18-9-6-5-7-10-18;/h17-18H,4-16H2,1-3H3,(H,20,21);1H. The van der Waals surface area contributed by atoms with Gasteiger partial charge in [-0.05, 0) is 46.2 Å². The summed E-state index contributed by atoms with van der Waals surface area (Å²) in [4.78, 5) is 9.66. The van der Waals surface area contributed by atoms with Gasteiger partial charge in [-0.2, -0.15) is 0 Å². The van der Waals surface area contributed by atoms with E-state index in [1.165, 1.54) is 38.5 Å². The van der Waals surface area contributed by atoms with Crippen LogP contribution >= 0.6 is 24.0 Å².